The topological polar surface area (TPSA) is 35.0 Å². The minimum absolute atomic E-state index is 0.100. The molecule has 70 valence electrons. The van der Waals surface area contributed by atoms with Crippen LogP contribution in [0.4, 0.5) is 0 Å². The van der Waals surface area contributed by atoms with Crippen molar-refractivity contribution in [3.05, 3.63) is 23.3 Å². The minimum atomic E-state index is 0.100. The largest absolute Gasteiger partial charge is 0.363 e. The summed E-state index contributed by atoms with van der Waals surface area (Å²) in [6.45, 7) is 6.12. The van der Waals surface area contributed by atoms with Gasteiger partial charge in [0.05, 0.1) is 29.3 Å². The highest BCUT2D eigenvalue weighted by molar-refractivity contribution is 5.22. The third-order valence-corrected chi connectivity index (χ3v) is 2.42. The maximum atomic E-state index is 5.61. The van der Waals surface area contributed by atoms with Crippen molar-refractivity contribution in [2.45, 2.75) is 39.4 Å². The molecule has 0 fully saturated rings. The third-order valence-electron chi connectivity index (χ3n) is 2.42. The highest BCUT2D eigenvalue weighted by Gasteiger charge is 2.28. The van der Waals surface area contributed by atoms with Gasteiger partial charge in [0, 0.05) is 6.20 Å². The Labute approximate surface area is 78.2 Å². The molecule has 2 unspecified atom stereocenters. The second-order valence-electron chi connectivity index (χ2n) is 3.41. The average Bonchev–Trinajstić information content (AvgIpc) is 2.42. The van der Waals surface area contributed by atoms with Crippen molar-refractivity contribution in [1.82, 2.24) is 9.97 Å². The molecule has 1 aliphatic rings. The first-order chi connectivity index (χ1) is 6.22. The Morgan fingerprint density at radius 3 is 2.69 bits per heavy atom. The molecule has 0 aromatic carbocycles. The smallest absolute Gasteiger partial charge is 0.0995 e. The summed E-state index contributed by atoms with van der Waals surface area (Å²) >= 11 is 0. The van der Waals surface area contributed by atoms with E-state index < -0.39 is 0 Å². The zero-order chi connectivity index (χ0) is 9.42. The molecule has 2 heterocycles. The molecule has 2 atom stereocenters. The first-order valence-corrected chi connectivity index (χ1v) is 4.73. The van der Waals surface area contributed by atoms with Gasteiger partial charge in [0.1, 0.15) is 0 Å². The van der Waals surface area contributed by atoms with Crippen LogP contribution >= 0.6 is 0 Å². The van der Waals surface area contributed by atoms with Crippen LogP contribution in [-0.4, -0.2) is 9.97 Å². The average molecular weight is 178 g/mol. The monoisotopic (exact) mass is 178 g/mol. The molecule has 0 radical (unpaired) electrons. The van der Waals surface area contributed by atoms with E-state index >= 15 is 0 Å². The summed E-state index contributed by atoms with van der Waals surface area (Å²) in [4.78, 5) is 8.89. The van der Waals surface area contributed by atoms with Crippen molar-refractivity contribution in [3.63, 3.8) is 0 Å². The lowest BCUT2D eigenvalue weighted by Crippen LogP contribution is -1.99. The van der Waals surface area contributed by atoms with Crippen LogP contribution in [0.15, 0.2) is 6.20 Å². The normalized spacial score (nSPS) is 26.1. The number of hydrogen-bond donors (Lipinski definition) is 0. The summed E-state index contributed by atoms with van der Waals surface area (Å²) in [6.07, 6.45) is 2.98. The second-order valence-corrected chi connectivity index (χ2v) is 3.41. The van der Waals surface area contributed by atoms with Gasteiger partial charge in [0.25, 0.3) is 0 Å². The van der Waals surface area contributed by atoms with E-state index in [1.807, 2.05) is 20.0 Å². The van der Waals surface area contributed by atoms with Crippen LogP contribution in [0.5, 0.6) is 0 Å². The van der Waals surface area contributed by atoms with Crippen molar-refractivity contribution in [2.75, 3.05) is 0 Å². The van der Waals surface area contributed by atoms with Crippen LogP contribution in [0.1, 0.15) is 50.1 Å². The first kappa shape index (κ1) is 8.63. The molecule has 3 heteroatoms. The van der Waals surface area contributed by atoms with E-state index in [1.54, 1.807) is 0 Å². The van der Waals surface area contributed by atoms with Gasteiger partial charge in [-0.3, -0.25) is 9.97 Å². The number of rotatable bonds is 1. The summed E-state index contributed by atoms with van der Waals surface area (Å²) in [5, 5.41) is 0. The number of fused-ring (bicyclic) bond motifs is 1. The fourth-order valence-corrected chi connectivity index (χ4v) is 1.67. The summed E-state index contributed by atoms with van der Waals surface area (Å²) in [5.74, 6) is 0. The van der Waals surface area contributed by atoms with Crippen LogP contribution in [0.2, 0.25) is 0 Å². The molecule has 3 nitrogen and oxygen atoms in total. The van der Waals surface area contributed by atoms with E-state index in [9.17, 15) is 0 Å². The highest BCUT2D eigenvalue weighted by atomic mass is 16.5. The van der Waals surface area contributed by atoms with Crippen LogP contribution < -0.4 is 0 Å². The minimum Gasteiger partial charge on any atom is -0.363 e. The Morgan fingerprint density at radius 2 is 2.00 bits per heavy atom. The number of ether oxygens (including phenoxy) is 1. The van der Waals surface area contributed by atoms with Crippen molar-refractivity contribution in [3.8, 4) is 0 Å². The van der Waals surface area contributed by atoms with Crippen molar-refractivity contribution in [2.24, 2.45) is 0 Å². The van der Waals surface area contributed by atoms with E-state index in [0.29, 0.717) is 0 Å². The van der Waals surface area contributed by atoms with E-state index in [1.165, 1.54) is 0 Å². The molecule has 0 bridgehead atoms. The van der Waals surface area contributed by atoms with E-state index in [4.69, 9.17) is 4.74 Å². The predicted molar refractivity (Wildman–Crippen MR) is 49.3 cm³/mol. The fraction of sp³-hybridized carbons (Fsp3) is 0.600. The van der Waals surface area contributed by atoms with E-state index in [0.717, 1.165) is 23.5 Å². The quantitative estimate of drug-likeness (QED) is 0.661. The van der Waals surface area contributed by atoms with Crippen LogP contribution in [0.3, 0.4) is 0 Å². The molecule has 0 saturated heterocycles. The molecule has 1 aromatic heterocycles. The Hall–Kier alpha value is -0.960. The Balaban J connectivity index is 2.46. The summed E-state index contributed by atoms with van der Waals surface area (Å²) in [7, 11) is 0. The lowest BCUT2D eigenvalue weighted by atomic mass is 10.2. The maximum Gasteiger partial charge on any atom is 0.0995 e. The van der Waals surface area contributed by atoms with E-state index in [-0.39, 0.29) is 12.2 Å². The zero-order valence-corrected chi connectivity index (χ0v) is 8.24. The fourth-order valence-electron chi connectivity index (χ4n) is 1.67. The maximum absolute atomic E-state index is 5.61. The predicted octanol–water partition coefficient (Wildman–Crippen LogP) is 2.19. The van der Waals surface area contributed by atoms with Gasteiger partial charge in [-0.05, 0) is 20.3 Å². The van der Waals surface area contributed by atoms with Gasteiger partial charge < -0.3 is 4.74 Å². The zero-order valence-electron chi connectivity index (χ0n) is 8.24. The van der Waals surface area contributed by atoms with Gasteiger partial charge >= 0.3 is 0 Å². The van der Waals surface area contributed by atoms with Crippen LogP contribution in [0.25, 0.3) is 0 Å². The number of nitrogens with zero attached hydrogens (tertiary/aromatic N) is 2. The third kappa shape index (κ3) is 1.33. The lowest BCUT2D eigenvalue weighted by molar-refractivity contribution is 0.0307. The molecule has 0 spiro atoms. The Kier molecular flexibility index (Phi) is 2.04. The molecule has 0 saturated carbocycles. The standard InChI is InChI=1S/C10H14N2O/c1-4-8-5-11-9-6(2)13-7(3)10(9)12-8/h5-7H,4H2,1-3H3. The molecule has 2 rings (SSSR count). The van der Waals surface area contributed by atoms with Gasteiger partial charge in [0.15, 0.2) is 0 Å². The molecule has 1 aliphatic heterocycles. The van der Waals surface area contributed by atoms with E-state index in [2.05, 4.69) is 16.9 Å². The Morgan fingerprint density at radius 1 is 1.31 bits per heavy atom. The van der Waals surface area contributed by atoms with Crippen molar-refractivity contribution < 1.29 is 4.74 Å². The molecule has 0 aliphatic carbocycles. The molecular weight excluding hydrogens is 164 g/mol. The van der Waals surface area contributed by atoms with Gasteiger partial charge in [0.2, 0.25) is 0 Å². The van der Waals surface area contributed by atoms with Crippen molar-refractivity contribution >= 4 is 0 Å². The SMILES string of the molecule is CCc1cnc2c(n1)C(C)OC2C. The van der Waals surface area contributed by atoms with Gasteiger partial charge in [-0.25, -0.2) is 0 Å². The molecule has 0 amide bonds. The number of aromatic nitrogens is 2. The summed E-state index contributed by atoms with van der Waals surface area (Å²) in [5.41, 5.74) is 3.07. The first-order valence-electron chi connectivity index (χ1n) is 4.73. The molecule has 0 N–H and O–H groups in total. The van der Waals surface area contributed by atoms with Gasteiger partial charge in [-0.1, -0.05) is 6.92 Å². The molecule has 13 heavy (non-hydrogen) atoms. The summed E-state index contributed by atoms with van der Waals surface area (Å²) in [6, 6.07) is 0. The van der Waals surface area contributed by atoms with Gasteiger partial charge in [-0.15, -0.1) is 0 Å². The van der Waals surface area contributed by atoms with Crippen LogP contribution in [-0.2, 0) is 11.2 Å². The lowest BCUT2D eigenvalue weighted by Gasteiger charge is -2.02. The number of aryl methyl sites for hydroxylation is 1. The molecule has 1 aromatic rings. The number of hydrogen-bond acceptors (Lipinski definition) is 3. The van der Waals surface area contributed by atoms with Crippen LogP contribution in [0, 0.1) is 0 Å². The van der Waals surface area contributed by atoms with Crippen molar-refractivity contribution in [1.29, 1.82) is 0 Å². The summed E-state index contributed by atoms with van der Waals surface area (Å²) < 4.78 is 5.61. The molecular formula is C10H14N2O. The van der Waals surface area contributed by atoms with Gasteiger partial charge in [-0.2, -0.15) is 0 Å². The highest BCUT2D eigenvalue weighted by Crippen LogP contribution is 2.35. The second kappa shape index (κ2) is 3.07. The Bertz CT molecular complexity index is 325.